The molecule has 2 atom stereocenters. The molecule has 26 heavy (non-hydrogen) atoms. The Labute approximate surface area is 159 Å². The number of benzene rings is 2. The van der Waals surface area contributed by atoms with Crippen LogP contribution in [0.3, 0.4) is 0 Å². The molecule has 1 aliphatic carbocycles. The van der Waals surface area contributed by atoms with Crippen molar-refractivity contribution in [1.29, 1.82) is 0 Å². The van der Waals surface area contributed by atoms with Crippen molar-refractivity contribution in [2.45, 2.75) is 42.7 Å². The number of hydrogen-bond acceptors (Lipinski definition) is 4. The van der Waals surface area contributed by atoms with Crippen molar-refractivity contribution in [3.8, 4) is 5.75 Å². The van der Waals surface area contributed by atoms with Crippen molar-refractivity contribution in [3.05, 3.63) is 53.6 Å². The quantitative estimate of drug-likeness (QED) is 0.775. The van der Waals surface area contributed by atoms with Crippen molar-refractivity contribution in [3.63, 3.8) is 0 Å². The molecule has 2 aromatic rings. The van der Waals surface area contributed by atoms with Gasteiger partial charge in [0.15, 0.2) is 0 Å². The molecule has 2 aromatic carbocycles. The highest BCUT2D eigenvalue weighted by Gasteiger charge is 2.29. The average molecular weight is 395 g/mol. The smallest absolute Gasteiger partial charge is 0.240 e. The predicted molar refractivity (Wildman–Crippen MR) is 104 cm³/mol. The maximum Gasteiger partial charge on any atom is 0.240 e. The van der Waals surface area contributed by atoms with E-state index in [0.29, 0.717) is 5.02 Å². The maximum absolute atomic E-state index is 12.7. The summed E-state index contributed by atoms with van der Waals surface area (Å²) >= 11 is 5.85. The summed E-state index contributed by atoms with van der Waals surface area (Å²) in [4.78, 5) is 0.232. The van der Waals surface area contributed by atoms with Crippen LogP contribution in [0.5, 0.6) is 5.75 Å². The lowest BCUT2D eigenvalue weighted by Crippen LogP contribution is -2.48. The third-order valence-corrected chi connectivity index (χ3v) is 6.40. The zero-order chi connectivity index (χ0) is 18.6. The molecule has 0 saturated heterocycles. The van der Waals surface area contributed by atoms with Gasteiger partial charge in [-0.1, -0.05) is 24.4 Å². The van der Waals surface area contributed by atoms with Gasteiger partial charge in [0.2, 0.25) is 10.0 Å². The predicted octanol–water partition coefficient (Wildman–Crippen LogP) is 4.05. The van der Waals surface area contributed by atoms with Crippen molar-refractivity contribution < 1.29 is 13.2 Å². The third-order valence-electron chi connectivity index (χ3n) is 4.64. The molecule has 1 saturated carbocycles. The maximum atomic E-state index is 12.7. The first kappa shape index (κ1) is 19.0. The van der Waals surface area contributed by atoms with Gasteiger partial charge in [-0.3, -0.25) is 0 Å². The molecule has 140 valence electrons. The number of nitrogens with one attached hydrogen (secondary N) is 2. The van der Waals surface area contributed by atoms with Crippen molar-refractivity contribution in [2.75, 3.05) is 12.4 Å². The van der Waals surface area contributed by atoms with E-state index >= 15 is 0 Å². The van der Waals surface area contributed by atoms with Crippen LogP contribution in [0.2, 0.25) is 5.02 Å². The molecular weight excluding hydrogens is 372 g/mol. The minimum absolute atomic E-state index is 0.0409. The van der Waals surface area contributed by atoms with Crippen LogP contribution in [-0.4, -0.2) is 27.6 Å². The van der Waals surface area contributed by atoms with E-state index in [4.69, 9.17) is 16.3 Å². The fourth-order valence-corrected chi connectivity index (χ4v) is 4.66. The monoisotopic (exact) mass is 394 g/mol. The zero-order valence-corrected chi connectivity index (χ0v) is 16.2. The normalized spacial score (nSPS) is 20.5. The number of sulfonamides is 1. The van der Waals surface area contributed by atoms with Crippen LogP contribution in [0.15, 0.2) is 53.4 Å². The van der Waals surface area contributed by atoms with Gasteiger partial charge in [0.1, 0.15) is 5.75 Å². The molecule has 2 N–H and O–H groups in total. The lowest BCUT2D eigenvalue weighted by atomic mass is 9.91. The second-order valence-corrected chi connectivity index (χ2v) is 8.60. The summed E-state index contributed by atoms with van der Waals surface area (Å²) in [5, 5.41) is 3.98. The zero-order valence-electron chi connectivity index (χ0n) is 14.6. The van der Waals surface area contributed by atoms with Crippen LogP contribution in [0.1, 0.15) is 25.7 Å². The molecule has 0 spiro atoms. The van der Waals surface area contributed by atoms with E-state index in [2.05, 4.69) is 10.0 Å². The molecule has 7 heteroatoms. The Bertz CT molecular complexity index is 823. The third kappa shape index (κ3) is 4.69. The van der Waals surface area contributed by atoms with Gasteiger partial charge in [0.25, 0.3) is 0 Å². The number of rotatable bonds is 6. The largest absolute Gasteiger partial charge is 0.497 e. The van der Waals surface area contributed by atoms with E-state index in [1.54, 1.807) is 19.2 Å². The highest BCUT2D eigenvalue weighted by molar-refractivity contribution is 7.89. The van der Waals surface area contributed by atoms with Crippen molar-refractivity contribution >= 4 is 27.3 Å². The Balaban J connectivity index is 1.72. The van der Waals surface area contributed by atoms with Gasteiger partial charge in [0, 0.05) is 22.8 Å². The number of hydrogen-bond donors (Lipinski definition) is 2. The Kier molecular flexibility index (Phi) is 6.06. The topological polar surface area (TPSA) is 67.4 Å². The van der Waals surface area contributed by atoms with Gasteiger partial charge in [-0.25, -0.2) is 13.1 Å². The summed E-state index contributed by atoms with van der Waals surface area (Å²) in [5.74, 6) is 0.791. The first-order valence-electron chi connectivity index (χ1n) is 8.66. The van der Waals surface area contributed by atoms with E-state index in [1.165, 1.54) is 12.1 Å². The molecular formula is C19H23ClN2O3S. The van der Waals surface area contributed by atoms with Crippen LogP contribution in [-0.2, 0) is 10.0 Å². The summed E-state index contributed by atoms with van der Waals surface area (Å²) in [5.41, 5.74) is 0.952. The Morgan fingerprint density at radius 1 is 0.962 bits per heavy atom. The lowest BCUT2D eigenvalue weighted by Gasteiger charge is -2.33. The summed E-state index contributed by atoms with van der Waals surface area (Å²) in [7, 11) is -1.95. The van der Waals surface area contributed by atoms with E-state index < -0.39 is 10.0 Å². The van der Waals surface area contributed by atoms with E-state index in [-0.39, 0.29) is 17.0 Å². The number of anilines is 1. The minimum atomic E-state index is -3.58. The molecule has 1 fully saturated rings. The standard InChI is InChI=1S/C19H23ClN2O3S/c1-25-16-10-8-15(9-11-16)21-18-4-2-3-5-19(18)22-26(23,24)17-12-6-14(20)7-13-17/h6-13,18-19,21-22H,2-5H2,1H3/t18-,19+/m1/s1. The molecule has 0 unspecified atom stereocenters. The van der Waals surface area contributed by atoms with E-state index in [1.807, 2.05) is 24.3 Å². The van der Waals surface area contributed by atoms with Gasteiger partial charge in [-0.2, -0.15) is 0 Å². The molecule has 3 rings (SSSR count). The highest BCUT2D eigenvalue weighted by atomic mass is 35.5. The van der Waals surface area contributed by atoms with Gasteiger partial charge < -0.3 is 10.1 Å². The Morgan fingerprint density at radius 2 is 1.58 bits per heavy atom. The van der Waals surface area contributed by atoms with E-state index in [9.17, 15) is 8.42 Å². The second-order valence-electron chi connectivity index (χ2n) is 6.45. The van der Waals surface area contributed by atoms with Crippen LogP contribution < -0.4 is 14.8 Å². The Morgan fingerprint density at radius 3 is 2.19 bits per heavy atom. The summed E-state index contributed by atoms with van der Waals surface area (Å²) in [6.07, 6.45) is 3.81. The highest BCUT2D eigenvalue weighted by Crippen LogP contribution is 2.25. The summed E-state index contributed by atoms with van der Waals surface area (Å²) in [6, 6.07) is 13.8. The molecule has 0 amide bonds. The number of methoxy groups -OCH3 is 1. The number of halogens is 1. The summed E-state index contributed by atoms with van der Waals surface area (Å²) in [6.45, 7) is 0. The van der Waals surface area contributed by atoms with Gasteiger partial charge >= 0.3 is 0 Å². The second kappa shape index (κ2) is 8.29. The number of ether oxygens (including phenoxy) is 1. The molecule has 0 aliphatic heterocycles. The van der Waals surface area contributed by atoms with Gasteiger partial charge in [0.05, 0.1) is 12.0 Å². The first-order valence-corrected chi connectivity index (χ1v) is 10.5. The average Bonchev–Trinajstić information content (AvgIpc) is 2.64. The Hall–Kier alpha value is -1.76. The van der Waals surface area contributed by atoms with Crippen LogP contribution in [0, 0.1) is 0 Å². The van der Waals surface area contributed by atoms with Crippen molar-refractivity contribution in [2.24, 2.45) is 0 Å². The van der Waals surface area contributed by atoms with Crippen LogP contribution in [0.4, 0.5) is 5.69 Å². The fourth-order valence-electron chi connectivity index (χ4n) is 3.23. The minimum Gasteiger partial charge on any atom is -0.497 e. The molecule has 0 bridgehead atoms. The van der Waals surface area contributed by atoms with Crippen LogP contribution in [0.25, 0.3) is 0 Å². The van der Waals surface area contributed by atoms with Gasteiger partial charge in [-0.15, -0.1) is 0 Å². The summed E-state index contributed by atoms with van der Waals surface area (Å²) < 4.78 is 33.4. The SMILES string of the molecule is COc1ccc(N[C@@H]2CCCC[C@@H]2NS(=O)(=O)c2ccc(Cl)cc2)cc1. The molecule has 5 nitrogen and oxygen atoms in total. The molecule has 0 aromatic heterocycles. The van der Waals surface area contributed by atoms with Gasteiger partial charge in [-0.05, 0) is 61.4 Å². The molecule has 0 heterocycles. The van der Waals surface area contributed by atoms with E-state index in [0.717, 1.165) is 37.1 Å². The van der Waals surface area contributed by atoms with Crippen molar-refractivity contribution in [1.82, 2.24) is 4.72 Å². The fraction of sp³-hybridized carbons (Fsp3) is 0.368. The molecule has 1 aliphatic rings. The lowest BCUT2D eigenvalue weighted by molar-refractivity contribution is 0.378. The van der Waals surface area contributed by atoms with Crippen LogP contribution >= 0.6 is 11.6 Å². The molecule has 0 radical (unpaired) electrons. The first-order chi connectivity index (χ1) is 12.5.